The number of hydrogen-bond acceptors (Lipinski definition) is 2. The maximum atomic E-state index is 5.76. The number of rotatable bonds is 4. The van der Waals surface area contributed by atoms with Crippen molar-refractivity contribution in [3.63, 3.8) is 0 Å². The summed E-state index contributed by atoms with van der Waals surface area (Å²) in [5, 5.41) is 3.44. The number of nitrogens with two attached hydrogens (primary N) is 1. The van der Waals surface area contributed by atoms with Crippen LogP contribution in [0, 0.1) is 0 Å². The molecule has 1 aromatic carbocycles. The van der Waals surface area contributed by atoms with Gasteiger partial charge in [-0.15, -0.1) is 0 Å². The van der Waals surface area contributed by atoms with Crippen molar-refractivity contribution >= 4 is 5.69 Å². The summed E-state index contributed by atoms with van der Waals surface area (Å²) < 4.78 is 0. The zero-order chi connectivity index (χ0) is 11.4. The van der Waals surface area contributed by atoms with Gasteiger partial charge in [-0.3, -0.25) is 0 Å². The minimum Gasteiger partial charge on any atom is -0.385 e. The summed E-state index contributed by atoms with van der Waals surface area (Å²) in [6, 6.07) is 7.18. The van der Waals surface area contributed by atoms with E-state index in [1.807, 2.05) is 0 Å². The van der Waals surface area contributed by atoms with Crippen molar-refractivity contribution in [2.24, 2.45) is 5.73 Å². The molecule has 1 aliphatic heterocycles. The molecule has 3 N–H and O–H groups in total. The SMILES string of the molecule is CC(N)CCCc1ccc2c(c1)CCCN2. The van der Waals surface area contributed by atoms with Crippen LogP contribution in [0.3, 0.4) is 0 Å². The Bertz CT molecular complexity index is 345. The van der Waals surface area contributed by atoms with Crippen LogP contribution in [0.4, 0.5) is 5.69 Å². The molecule has 0 spiro atoms. The third-order valence-electron chi connectivity index (χ3n) is 3.23. The molecule has 0 fully saturated rings. The van der Waals surface area contributed by atoms with Crippen LogP contribution in [-0.2, 0) is 12.8 Å². The van der Waals surface area contributed by atoms with E-state index in [4.69, 9.17) is 5.73 Å². The van der Waals surface area contributed by atoms with Crippen molar-refractivity contribution in [2.45, 2.75) is 45.1 Å². The summed E-state index contributed by atoms with van der Waals surface area (Å²) in [4.78, 5) is 0. The lowest BCUT2D eigenvalue weighted by atomic mass is 9.98. The minimum absolute atomic E-state index is 0.333. The topological polar surface area (TPSA) is 38.0 Å². The molecule has 2 rings (SSSR count). The fraction of sp³-hybridized carbons (Fsp3) is 0.571. The lowest BCUT2D eigenvalue weighted by Gasteiger charge is -2.18. The summed E-state index contributed by atoms with van der Waals surface area (Å²) in [5.74, 6) is 0. The van der Waals surface area contributed by atoms with Gasteiger partial charge in [0.05, 0.1) is 0 Å². The summed E-state index contributed by atoms with van der Waals surface area (Å²) in [5.41, 5.74) is 10.0. The maximum Gasteiger partial charge on any atom is 0.0372 e. The molecule has 0 amide bonds. The molecule has 2 heteroatoms. The van der Waals surface area contributed by atoms with Crippen molar-refractivity contribution in [1.82, 2.24) is 0 Å². The average molecular weight is 218 g/mol. The Morgan fingerprint density at radius 3 is 3.12 bits per heavy atom. The molecule has 0 aliphatic carbocycles. The molecular formula is C14H22N2. The van der Waals surface area contributed by atoms with E-state index in [0.29, 0.717) is 6.04 Å². The van der Waals surface area contributed by atoms with E-state index in [1.165, 1.54) is 36.1 Å². The van der Waals surface area contributed by atoms with Crippen molar-refractivity contribution in [3.8, 4) is 0 Å². The number of nitrogens with one attached hydrogen (secondary N) is 1. The Balaban J connectivity index is 1.95. The Morgan fingerprint density at radius 1 is 1.44 bits per heavy atom. The lowest BCUT2D eigenvalue weighted by Crippen LogP contribution is -2.14. The highest BCUT2D eigenvalue weighted by Gasteiger charge is 2.08. The largest absolute Gasteiger partial charge is 0.385 e. The third-order valence-corrected chi connectivity index (χ3v) is 3.23. The fourth-order valence-corrected chi connectivity index (χ4v) is 2.31. The van der Waals surface area contributed by atoms with Gasteiger partial charge in [-0.25, -0.2) is 0 Å². The van der Waals surface area contributed by atoms with Crippen molar-refractivity contribution in [3.05, 3.63) is 29.3 Å². The number of anilines is 1. The maximum absolute atomic E-state index is 5.76. The van der Waals surface area contributed by atoms with E-state index in [2.05, 4.69) is 30.4 Å². The van der Waals surface area contributed by atoms with Gasteiger partial charge in [0, 0.05) is 18.3 Å². The number of hydrogen-bond donors (Lipinski definition) is 2. The van der Waals surface area contributed by atoms with Gasteiger partial charge in [0.25, 0.3) is 0 Å². The summed E-state index contributed by atoms with van der Waals surface area (Å²) in [6.07, 6.45) is 5.97. The molecule has 0 saturated heterocycles. The van der Waals surface area contributed by atoms with Crippen LogP contribution in [-0.4, -0.2) is 12.6 Å². The lowest BCUT2D eigenvalue weighted by molar-refractivity contribution is 0.624. The van der Waals surface area contributed by atoms with Crippen LogP contribution in [0.2, 0.25) is 0 Å². The Morgan fingerprint density at radius 2 is 2.31 bits per heavy atom. The zero-order valence-corrected chi connectivity index (χ0v) is 10.1. The number of benzene rings is 1. The predicted molar refractivity (Wildman–Crippen MR) is 69.8 cm³/mol. The van der Waals surface area contributed by atoms with Gasteiger partial charge < -0.3 is 11.1 Å². The van der Waals surface area contributed by atoms with Crippen molar-refractivity contribution < 1.29 is 0 Å². The number of fused-ring (bicyclic) bond motifs is 1. The summed E-state index contributed by atoms with van der Waals surface area (Å²) in [6.45, 7) is 3.20. The van der Waals surface area contributed by atoms with E-state index in [1.54, 1.807) is 0 Å². The Hall–Kier alpha value is -1.02. The molecule has 88 valence electrons. The van der Waals surface area contributed by atoms with Gasteiger partial charge in [-0.2, -0.15) is 0 Å². The summed E-state index contributed by atoms with van der Waals surface area (Å²) in [7, 11) is 0. The number of aryl methyl sites for hydroxylation is 2. The first-order valence-electron chi connectivity index (χ1n) is 6.37. The van der Waals surface area contributed by atoms with Gasteiger partial charge in [-0.1, -0.05) is 12.1 Å². The van der Waals surface area contributed by atoms with Crippen LogP contribution < -0.4 is 11.1 Å². The van der Waals surface area contributed by atoms with Crippen LogP contribution in [0.5, 0.6) is 0 Å². The van der Waals surface area contributed by atoms with Gasteiger partial charge in [-0.05, 0) is 56.2 Å². The standard InChI is InChI=1S/C14H22N2/c1-11(15)4-2-5-12-7-8-14-13(10-12)6-3-9-16-14/h7-8,10-11,16H,2-6,9,15H2,1H3. The smallest absolute Gasteiger partial charge is 0.0372 e. The van der Waals surface area contributed by atoms with E-state index in [-0.39, 0.29) is 0 Å². The van der Waals surface area contributed by atoms with E-state index in [9.17, 15) is 0 Å². The van der Waals surface area contributed by atoms with E-state index >= 15 is 0 Å². The molecule has 0 saturated carbocycles. The Kier molecular flexibility index (Phi) is 3.83. The van der Waals surface area contributed by atoms with Crippen LogP contribution in [0.15, 0.2) is 18.2 Å². The molecule has 2 nitrogen and oxygen atoms in total. The van der Waals surface area contributed by atoms with Crippen LogP contribution in [0.25, 0.3) is 0 Å². The van der Waals surface area contributed by atoms with Gasteiger partial charge in [0.2, 0.25) is 0 Å². The normalized spacial score (nSPS) is 16.4. The molecule has 0 radical (unpaired) electrons. The molecule has 1 unspecified atom stereocenters. The zero-order valence-electron chi connectivity index (χ0n) is 10.1. The molecule has 1 atom stereocenters. The predicted octanol–water partition coefficient (Wildman–Crippen LogP) is 2.71. The highest BCUT2D eigenvalue weighted by molar-refractivity contribution is 5.54. The molecule has 1 aromatic rings. The van der Waals surface area contributed by atoms with Gasteiger partial charge >= 0.3 is 0 Å². The molecule has 1 aliphatic rings. The van der Waals surface area contributed by atoms with Crippen molar-refractivity contribution in [2.75, 3.05) is 11.9 Å². The molecule has 16 heavy (non-hydrogen) atoms. The first-order chi connectivity index (χ1) is 7.75. The quantitative estimate of drug-likeness (QED) is 0.815. The molecule has 0 bridgehead atoms. The molecular weight excluding hydrogens is 196 g/mol. The van der Waals surface area contributed by atoms with Gasteiger partial charge in [0.1, 0.15) is 0 Å². The molecule has 0 aromatic heterocycles. The Labute approximate surface area is 98.2 Å². The first kappa shape index (κ1) is 11.5. The monoisotopic (exact) mass is 218 g/mol. The highest BCUT2D eigenvalue weighted by Crippen LogP contribution is 2.23. The fourth-order valence-electron chi connectivity index (χ4n) is 2.31. The van der Waals surface area contributed by atoms with E-state index < -0.39 is 0 Å². The van der Waals surface area contributed by atoms with Crippen molar-refractivity contribution in [1.29, 1.82) is 0 Å². The van der Waals surface area contributed by atoms with Crippen LogP contribution >= 0.6 is 0 Å². The average Bonchev–Trinajstić information content (AvgIpc) is 2.28. The van der Waals surface area contributed by atoms with E-state index in [0.717, 1.165) is 19.4 Å². The summed E-state index contributed by atoms with van der Waals surface area (Å²) >= 11 is 0. The second kappa shape index (κ2) is 5.35. The van der Waals surface area contributed by atoms with Crippen LogP contribution in [0.1, 0.15) is 37.3 Å². The minimum atomic E-state index is 0.333. The van der Waals surface area contributed by atoms with Gasteiger partial charge in [0.15, 0.2) is 0 Å². The second-order valence-corrected chi connectivity index (χ2v) is 4.89. The molecule has 1 heterocycles. The third kappa shape index (κ3) is 2.99. The second-order valence-electron chi connectivity index (χ2n) is 4.89. The first-order valence-corrected chi connectivity index (χ1v) is 6.37. The highest BCUT2D eigenvalue weighted by atomic mass is 14.9.